The number of rotatable bonds is 4. The first-order valence-electron chi connectivity index (χ1n) is 4.49. The minimum Gasteiger partial charge on any atom is -0.326 e. The van der Waals surface area contributed by atoms with Crippen molar-refractivity contribution in [3.05, 3.63) is 35.1 Å². The zero-order valence-corrected chi connectivity index (χ0v) is 8.94. The molecule has 1 aromatic rings. The van der Waals surface area contributed by atoms with Gasteiger partial charge in [-0.1, -0.05) is 19.1 Å². The van der Waals surface area contributed by atoms with Gasteiger partial charge >= 0.3 is 0 Å². The maximum absolute atomic E-state index is 13.2. The zero-order valence-electron chi connectivity index (χ0n) is 8.13. The number of benzene rings is 1. The molecule has 0 heterocycles. The Balaban J connectivity index is 2.89. The van der Waals surface area contributed by atoms with Crippen molar-refractivity contribution in [2.24, 2.45) is 5.73 Å². The van der Waals surface area contributed by atoms with Gasteiger partial charge in [0.25, 0.3) is 0 Å². The molecular formula is C10H14FNOS. The number of hydrogen-bond acceptors (Lipinski definition) is 2. The molecule has 0 aliphatic carbocycles. The van der Waals surface area contributed by atoms with Crippen molar-refractivity contribution in [3.63, 3.8) is 0 Å². The molecule has 0 aromatic heterocycles. The van der Waals surface area contributed by atoms with Gasteiger partial charge < -0.3 is 5.73 Å². The van der Waals surface area contributed by atoms with Gasteiger partial charge in [0.05, 0.1) is 5.75 Å². The van der Waals surface area contributed by atoms with E-state index in [2.05, 4.69) is 0 Å². The van der Waals surface area contributed by atoms with Gasteiger partial charge in [-0.2, -0.15) is 0 Å². The van der Waals surface area contributed by atoms with E-state index in [9.17, 15) is 8.60 Å². The molecule has 1 atom stereocenters. The highest BCUT2D eigenvalue weighted by atomic mass is 32.2. The summed E-state index contributed by atoms with van der Waals surface area (Å²) in [7, 11) is -0.979. The Morgan fingerprint density at radius 3 is 2.79 bits per heavy atom. The highest BCUT2D eigenvalue weighted by molar-refractivity contribution is 7.84. The van der Waals surface area contributed by atoms with E-state index in [1.54, 1.807) is 12.1 Å². The molecule has 0 saturated heterocycles. The third kappa shape index (κ3) is 2.89. The van der Waals surface area contributed by atoms with Crippen molar-refractivity contribution in [2.75, 3.05) is 5.75 Å². The maximum Gasteiger partial charge on any atom is 0.127 e. The molecule has 4 heteroatoms. The van der Waals surface area contributed by atoms with Gasteiger partial charge in [-0.15, -0.1) is 0 Å². The lowest BCUT2D eigenvalue weighted by Gasteiger charge is -2.04. The maximum atomic E-state index is 13.2. The molecule has 0 fully saturated rings. The van der Waals surface area contributed by atoms with Crippen LogP contribution in [-0.2, 0) is 23.1 Å². The Bertz CT molecular complexity index is 341. The Hall–Kier alpha value is -0.740. The van der Waals surface area contributed by atoms with Crippen molar-refractivity contribution in [1.29, 1.82) is 0 Å². The van der Waals surface area contributed by atoms with Crippen molar-refractivity contribution in [1.82, 2.24) is 0 Å². The molecule has 2 N–H and O–H groups in total. The van der Waals surface area contributed by atoms with Crippen molar-refractivity contribution in [3.8, 4) is 0 Å². The summed E-state index contributed by atoms with van der Waals surface area (Å²) in [4.78, 5) is 0. The van der Waals surface area contributed by atoms with E-state index in [-0.39, 0.29) is 11.6 Å². The minimum atomic E-state index is -0.979. The number of hydrogen-bond donors (Lipinski definition) is 1. The smallest absolute Gasteiger partial charge is 0.127 e. The Labute approximate surface area is 85.8 Å². The predicted molar refractivity (Wildman–Crippen MR) is 56.7 cm³/mol. The van der Waals surface area contributed by atoms with Crippen LogP contribution in [0.5, 0.6) is 0 Å². The molecule has 0 spiro atoms. The molecule has 0 radical (unpaired) electrons. The lowest BCUT2D eigenvalue weighted by molar-refractivity contribution is 0.614. The second-order valence-corrected chi connectivity index (χ2v) is 4.75. The fourth-order valence-electron chi connectivity index (χ4n) is 1.14. The first kappa shape index (κ1) is 11.3. The lowest BCUT2D eigenvalue weighted by atomic mass is 10.1. The van der Waals surface area contributed by atoms with Crippen LogP contribution in [0.4, 0.5) is 4.39 Å². The molecule has 1 rings (SSSR count). The molecule has 0 bridgehead atoms. The quantitative estimate of drug-likeness (QED) is 0.828. The summed E-state index contributed by atoms with van der Waals surface area (Å²) in [6, 6.07) is 4.71. The van der Waals surface area contributed by atoms with Crippen LogP contribution in [0.15, 0.2) is 18.2 Å². The van der Waals surface area contributed by atoms with E-state index in [1.165, 1.54) is 6.07 Å². The molecular weight excluding hydrogens is 201 g/mol. The van der Waals surface area contributed by atoms with Crippen molar-refractivity contribution < 1.29 is 8.60 Å². The highest BCUT2D eigenvalue weighted by Gasteiger charge is 2.06. The van der Waals surface area contributed by atoms with Gasteiger partial charge in [0.15, 0.2) is 0 Å². The molecule has 0 aliphatic heterocycles. The summed E-state index contributed by atoms with van der Waals surface area (Å²) in [5.74, 6) is 0.520. The van der Waals surface area contributed by atoms with Gasteiger partial charge in [-0.05, 0) is 11.6 Å². The second kappa shape index (κ2) is 5.22. The van der Waals surface area contributed by atoms with E-state index in [0.29, 0.717) is 17.9 Å². The SMILES string of the molecule is CCS(=O)Cc1cc(CN)ccc1F. The highest BCUT2D eigenvalue weighted by Crippen LogP contribution is 2.12. The minimum absolute atomic E-state index is 0.274. The summed E-state index contributed by atoms with van der Waals surface area (Å²) in [6.07, 6.45) is 0. The molecule has 14 heavy (non-hydrogen) atoms. The van der Waals surface area contributed by atoms with Crippen molar-refractivity contribution >= 4 is 10.8 Å². The standard InChI is InChI=1S/C10H14FNOS/c1-2-14(13)7-9-5-8(6-12)3-4-10(9)11/h3-5H,2,6-7,12H2,1H3. The van der Waals surface area contributed by atoms with E-state index >= 15 is 0 Å². The summed E-state index contributed by atoms with van der Waals surface area (Å²) in [5.41, 5.74) is 6.80. The van der Waals surface area contributed by atoms with Crippen LogP contribution >= 0.6 is 0 Å². The third-order valence-electron chi connectivity index (χ3n) is 1.98. The average molecular weight is 215 g/mol. The van der Waals surface area contributed by atoms with Gasteiger partial charge in [-0.3, -0.25) is 4.21 Å². The number of nitrogens with two attached hydrogens (primary N) is 1. The van der Waals surface area contributed by atoms with Crippen LogP contribution in [-0.4, -0.2) is 9.96 Å². The van der Waals surface area contributed by atoms with E-state index in [0.717, 1.165) is 5.56 Å². The average Bonchev–Trinajstić information content (AvgIpc) is 2.21. The van der Waals surface area contributed by atoms with E-state index < -0.39 is 10.8 Å². The first-order valence-corrected chi connectivity index (χ1v) is 5.98. The van der Waals surface area contributed by atoms with E-state index in [1.807, 2.05) is 6.92 Å². The summed E-state index contributed by atoms with van der Waals surface area (Å²) < 4.78 is 24.5. The van der Waals surface area contributed by atoms with Gasteiger partial charge in [0.1, 0.15) is 5.82 Å². The van der Waals surface area contributed by atoms with Crippen LogP contribution in [0, 0.1) is 5.82 Å². The molecule has 0 saturated carbocycles. The van der Waals surface area contributed by atoms with Gasteiger partial charge in [0.2, 0.25) is 0 Å². The summed E-state index contributed by atoms with van der Waals surface area (Å²) in [6.45, 7) is 2.20. The van der Waals surface area contributed by atoms with Crippen LogP contribution in [0.2, 0.25) is 0 Å². The van der Waals surface area contributed by atoms with Crippen LogP contribution < -0.4 is 5.73 Å². The monoisotopic (exact) mass is 215 g/mol. The van der Waals surface area contributed by atoms with Gasteiger partial charge in [0, 0.05) is 28.7 Å². The Morgan fingerprint density at radius 1 is 1.50 bits per heavy atom. The molecule has 1 unspecified atom stereocenters. The number of halogens is 1. The van der Waals surface area contributed by atoms with Crippen LogP contribution in [0.25, 0.3) is 0 Å². The normalized spacial score (nSPS) is 12.8. The Kier molecular flexibility index (Phi) is 4.22. The fourth-order valence-corrected chi connectivity index (χ4v) is 1.91. The van der Waals surface area contributed by atoms with Crippen molar-refractivity contribution in [2.45, 2.75) is 19.2 Å². The molecule has 1 aromatic carbocycles. The van der Waals surface area contributed by atoms with Crippen LogP contribution in [0.3, 0.4) is 0 Å². The topological polar surface area (TPSA) is 43.1 Å². The predicted octanol–water partition coefficient (Wildman–Crippen LogP) is 1.55. The van der Waals surface area contributed by atoms with Gasteiger partial charge in [-0.25, -0.2) is 4.39 Å². The molecule has 78 valence electrons. The van der Waals surface area contributed by atoms with E-state index in [4.69, 9.17) is 5.73 Å². The fraction of sp³-hybridized carbons (Fsp3) is 0.400. The summed E-state index contributed by atoms with van der Waals surface area (Å²) in [5, 5.41) is 0. The lowest BCUT2D eigenvalue weighted by Crippen LogP contribution is -2.03. The third-order valence-corrected chi connectivity index (χ3v) is 3.26. The molecule has 0 amide bonds. The molecule has 2 nitrogen and oxygen atoms in total. The second-order valence-electron chi connectivity index (χ2n) is 3.00. The zero-order chi connectivity index (χ0) is 10.6. The summed E-state index contributed by atoms with van der Waals surface area (Å²) >= 11 is 0. The van der Waals surface area contributed by atoms with Crippen LogP contribution in [0.1, 0.15) is 18.1 Å². The molecule has 0 aliphatic rings. The first-order chi connectivity index (χ1) is 6.67. The largest absolute Gasteiger partial charge is 0.326 e. The Morgan fingerprint density at radius 2 is 2.21 bits per heavy atom.